The van der Waals surface area contributed by atoms with E-state index in [2.05, 4.69) is 34.6 Å². The van der Waals surface area contributed by atoms with E-state index in [1.165, 1.54) is 0 Å². The largest absolute Gasteiger partial charge is 0.396 e. The molecule has 200 valence electrons. The van der Waals surface area contributed by atoms with Gasteiger partial charge in [-0.25, -0.2) is 0 Å². The average molecular weight is 502 g/mol. The molecule has 0 radical (unpaired) electrons. The molecule has 2 saturated heterocycles. The van der Waals surface area contributed by atoms with Crippen LogP contribution in [0, 0.1) is 17.3 Å². The zero-order valence-electron chi connectivity index (χ0n) is 22.9. The summed E-state index contributed by atoms with van der Waals surface area (Å²) in [6, 6.07) is -0.888. The van der Waals surface area contributed by atoms with Crippen molar-refractivity contribution < 1.29 is 24.2 Å². The molecule has 4 heterocycles. The number of carbonyl (C=O) groups excluding carboxylic acids is 3. The lowest BCUT2D eigenvalue weighted by atomic mass is 9.73. The van der Waals surface area contributed by atoms with E-state index in [1.54, 1.807) is 16.8 Å². The third-order valence-electron chi connectivity index (χ3n) is 8.39. The lowest BCUT2D eigenvalue weighted by Crippen LogP contribution is -2.60. The van der Waals surface area contributed by atoms with E-state index in [4.69, 9.17) is 4.74 Å². The molecule has 0 aliphatic carbocycles. The number of likely N-dealkylation sites (tertiary alicyclic amines) is 1. The van der Waals surface area contributed by atoms with E-state index >= 15 is 0 Å². The summed E-state index contributed by atoms with van der Waals surface area (Å²) in [5.41, 5.74) is -2.66. The molecule has 1 unspecified atom stereocenters. The molecular formula is C28H43N3O5. The maximum atomic E-state index is 14.5. The molecule has 0 aromatic rings. The lowest BCUT2D eigenvalue weighted by molar-refractivity contribution is -0.157. The molecule has 0 aromatic carbocycles. The zero-order chi connectivity index (χ0) is 26.7. The van der Waals surface area contributed by atoms with Crippen LogP contribution in [0.25, 0.3) is 0 Å². The van der Waals surface area contributed by atoms with Crippen molar-refractivity contribution in [3.8, 4) is 0 Å². The minimum absolute atomic E-state index is 0.00674. The summed E-state index contributed by atoms with van der Waals surface area (Å²) < 4.78 is 6.92. The van der Waals surface area contributed by atoms with Crippen molar-refractivity contribution in [2.75, 3.05) is 33.3 Å². The summed E-state index contributed by atoms with van der Waals surface area (Å²) in [4.78, 5) is 47.4. The Kier molecular flexibility index (Phi) is 6.70. The third kappa shape index (κ3) is 4.01. The molecule has 1 N–H and O–H groups in total. The van der Waals surface area contributed by atoms with Gasteiger partial charge in [-0.2, -0.15) is 0 Å². The molecule has 0 saturated carbocycles. The number of nitrogens with zero attached hydrogens (tertiary/aromatic N) is 3. The molecule has 0 bridgehead atoms. The van der Waals surface area contributed by atoms with Gasteiger partial charge in [0.1, 0.15) is 11.6 Å². The number of aliphatic hydroxyl groups is 1. The first-order valence-electron chi connectivity index (χ1n) is 13.3. The van der Waals surface area contributed by atoms with Gasteiger partial charge in [0.15, 0.2) is 0 Å². The second-order valence-electron chi connectivity index (χ2n) is 12.8. The number of hydrogen-bond acceptors (Lipinski definition) is 5. The number of carbonyl (C=O) groups is 3. The number of hydrogen-bond donors (Lipinski definition) is 1. The Morgan fingerprint density at radius 1 is 1.00 bits per heavy atom. The Morgan fingerprint density at radius 2 is 1.67 bits per heavy atom. The highest BCUT2D eigenvalue weighted by molar-refractivity contribution is 6.00. The van der Waals surface area contributed by atoms with Crippen molar-refractivity contribution in [3.05, 3.63) is 24.3 Å². The van der Waals surface area contributed by atoms with Crippen molar-refractivity contribution in [2.24, 2.45) is 17.3 Å². The second kappa shape index (κ2) is 8.98. The molecule has 36 heavy (non-hydrogen) atoms. The maximum absolute atomic E-state index is 14.5. The standard InChI is InChI=1S/C28H43N3O5/c1-8-27-12-9-14-29(7)22(33)19(27)20-23(34)30(15-11-17-32)21-24(35)31(16-10-13-28(20,21)36-27)26(5,6)18-25(2,3)4/h9-10,12-13,19-21,32H,8,11,14-18H2,1-7H3/t19-,20+,21?,27+,28+/m1/s1. The summed E-state index contributed by atoms with van der Waals surface area (Å²) in [7, 11) is 1.74. The quantitative estimate of drug-likeness (QED) is 0.565. The van der Waals surface area contributed by atoms with Gasteiger partial charge in [0.25, 0.3) is 0 Å². The average Bonchev–Trinajstić information content (AvgIpc) is 3.06. The van der Waals surface area contributed by atoms with Gasteiger partial charge in [-0.1, -0.05) is 52.0 Å². The Bertz CT molecular complexity index is 982. The topological polar surface area (TPSA) is 90.4 Å². The molecule has 2 fully saturated rings. The molecule has 4 aliphatic rings. The Hall–Kier alpha value is -2.19. The molecule has 1 spiro atoms. The highest BCUT2D eigenvalue weighted by Crippen LogP contribution is 2.58. The van der Waals surface area contributed by atoms with Crippen LogP contribution in [0.15, 0.2) is 24.3 Å². The Labute approximate surface area is 215 Å². The molecule has 5 atom stereocenters. The van der Waals surface area contributed by atoms with Gasteiger partial charge in [-0.3, -0.25) is 14.4 Å². The van der Waals surface area contributed by atoms with Crippen molar-refractivity contribution in [2.45, 2.75) is 83.6 Å². The molecule has 3 amide bonds. The Morgan fingerprint density at radius 3 is 2.28 bits per heavy atom. The fraction of sp³-hybridized carbons (Fsp3) is 0.750. The number of likely N-dealkylation sites (N-methyl/N-ethyl adjacent to an activating group) is 1. The van der Waals surface area contributed by atoms with Crippen LogP contribution in [0.5, 0.6) is 0 Å². The van der Waals surface area contributed by atoms with Crippen LogP contribution in [0.2, 0.25) is 0 Å². The van der Waals surface area contributed by atoms with E-state index in [1.807, 2.05) is 36.1 Å². The summed E-state index contributed by atoms with van der Waals surface area (Å²) in [6.07, 6.45) is 9.38. The monoisotopic (exact) mass is 501 g/mol. The van der Waals surface area contributed by atoms with Crippen LogP contribution < -0.4 is 0 Å². The van der Waals surface area contributed by atoms with Crippen LogP contribution in [-0.4, -0.2) is 93.6 Å². The van der Waals surface area contributed by atoms with E-state index in [9.17, 15) is 19.5 Å². The number of amides is 3. The molecular weight excluding hydrogens is 458 g/mol. The summed E-state index contributed by atoms with van der Waals surface area (Å²) in [6.45, 7) is 13.6. The van der Waals surface area contributed by atoms with E-state index in [0.29, 0.717) is 25.9 Å². The number of aliphatic hydroxyl groups excluding tert-OH is 1. The van der Waals surface area contributed by atoms with Crippen LogP contribution >= 0.6 is 0 Å². The van der Waals surface area contributed by atoms with Gasteiger partial charge in [-0.15, -0.1) is 0 Å². The fourth-order valence-corrected chi connectivity index (χ4v) is 7.30. The molecule has 0 aromatic heterocycles. The molecule has 4 aliphatic heterocycles. The number of fused-ring (bicyclic) bond motifs is 2. The summed E-state index contributed by atoms with van der Waals surface area (Å²) in [5.74, 6) is -2.04. The van der Waals surface area contributed by atoms with Crippen molar-refractivity contribution in [1.82, 2.24) is 14.7 Å². The van der Waals surface area contributed by atoms with Gasteiger partial charge in [0, 0.05) is 38.8 Å². The fourth-order valence-electron chi connectivity index (χ4n) is 7.30. The SMILES string of the molecule is CC[C@]12C=CCN(C)C(=O)[C@H]1[C@H]1C(=O)N(CCCO)C3C(=O)N(C(C)(C)CC(C)(C)C)CC=C[C@@]31O2. The smallest absolute Gasteiger partial charge is 0.249 e. The lowest BCUT2D eigenvalue weighted by Gasteiger charge is -2.45. The van der Waals surface area contributed by atoms with Gasteiger partial charge < -0.3 is 24.5 Å². The Balaban J connectivity index is 1.86. The van der Waals surface area contributed by atoms with Crippen LogP contribution in [0.3, 0.4) is 0 Å². The minimum Gasteiger partial charge on any atom is -0.396 e. The van der Waals surface area contributed by atoms with E-state index in [0.717, 1.165) is 6.42 Å². The number of ether oxygens (including phenoxy) is 1. The zero-order valence-corrected chi connectivity index (χ0v) is 22.9. The highest BCUT2D eigenvalue weighted by atomic mass is 16.5. The first-order chi connectivity index (χ1) is 16.7. The first kappa shape index (κ1) is 26.9. The van der Waals surface area contributed by atoms with Gasteiger partial charge >= 0.3 is 0 Å². The third-order valence-corrected chi connectivity index (χ3v) is 8.39. The predicted octanol–water partition coefficient (Wildman–Crippen LogP) is 2.37. The van der Waals surface area contributed by atoms with Gasteiger partial charge in [-0.05, 0) is 38.5 Å². The molecule has 8 heteroatoms. The van der Waals surface area contributed by atoms with Crippen LogP contribution in [0.1, 0.15) is 60.8 Å². The molecule has 8 nitrogen and oxygen atoms in total. The second-order valence-corrected chi connectivity index (χ2v) is 12.8. The normalized spacial score (nSPS) is 34.6. The van der Waals surface area contributed by atoms with Crippen molar-refractivity contribution in [1.29, 1.82) is 0 Å². The van der Waals surface area contributed by atoms with E-state index < -0.39 is 34.6 Å². The molecule has 4 rings (SSSR count). The maximum Gasteiger partial charge on any atom is 0.249 e. The van der Waals surface area contributed by atoms with Crippen LogP contribution in [0.4, 0.5) is 0 Å². The van der Waals surface area contributed by atoms with Crippen LogP contribution in [-0.2, 0) is 19.1 Å². The van der Waals surface area contributed by atoms with Gasteiger partial charge in [0.05, 0.1) is 17.4 Å². The van der Waals surface area contributed by atoms with E-state index in [-0.39, 0.29) is 36.3 Å². The number of rotatable bonds is 6. The summed E-state index contributed by atoms with van der Waals surface area (Å²) >= 11 is 0. The predicted molar refractivity (Wildman–Crippen MR) is 137 cm³/mol. The highest BCUT2D eigenvalue weighted by Gasteiger charge is 2.75. The first-order valence-corrected chi connectivity index (χ1v) is 13.3. The van der Waals surface area contributed by atoms with Crippen molar-refractivity contribution >= 4 is 17.7 Å². The minimum atomic E-state index is -1.24. The van der Waals surface area contributed by atoms with Crippen molar-refractivity contribution in [3.63, 3.8) is 0 Å². The van der Waals surface area contributed by atoms with Gasteiger partial charge in [0.2, 0.25) is 17.7 Å². The summed E-state index contributed by atoms with van der Waals surface area (Å²) in [5, 5.41) is 9.57.